The lowest BCUT2D eigenvalue weighted by Crippen LogP contribution is -2.04. The summed E-state index contributed by atoms with van der Waals surface area (Å²) in [6, 6.07) is 6.02. The minimum atomic E-state index is 0.291. The van der Waals surface area contributed by atoms with Gasteiger partial charge < -0.3 is 14.6 Å². The van der Waals surface area contributed by atoms with Crippen LogP contribution in [0.25, 0.3) is 0 Å². The highest BCUT2D eigenvalue weighted by Crippen LogP contribution is 2.32. The van der Waals surface area contributed by atoms with Gasteiger partial charge in [0.25, 0.3) is 0 Å². The first-order valence-electron chi connectivity index (χ1n) is 7.07. The summed E-state index contributed by atoms with van der Waals surface area (Å²) in [7, 11) is 3.35. The van der Waals surface area contributed by atoms with Gasteiger partial charge in [-0.15, -0.1) is 0 Å². The van der Waals surface area contributed by atoms with Gasteiger partial charge >= 0.3 is 0 Å². The summed E-state index contributed by atoms with van der Waals surface area (Å²) in [6.45, 7) is 2.50. The molecule has 19 heavy (non-hydrogen) atoms. The maximum atomic E-state index is 8.91. The van der Waals surface area contributed by atoms with Gasteiger partial charge in [-0.25, -0.2) is 0 Å². The van der Waals surface area contributed by atoms with E-state index in [0.717, 1.165) is 43.6 Å². The average molecular weight is 266 g/mol. The molecule has 108 valence electrons. The molecule has 1 atom stereocenters. The van der Waals surface area contributed by atoms with Crippen LogP contribution in [-0.4, -0.2) is 25.9 Å². The molecule has 0 aliphatic carbocycles. The average Bonchev–Trinajstić information content (AvgIpc) is 2.46. The summed E-state index contributed by atoms with van der Waals surface area (Å²) in [6.07, 6.45) is 5.27. The first kappa shape index (κ1) is 15.8. The smallest absolute Gasteiger partial charge is 0.163 e. The summed E-state index contributed by atoms with van der Waals surface area (Å²) in [5, 5.41) is 8.91. The van der Waals surface area contributed by atoms with Crippen LogP contribution in [0.5, 0.6) is 11.5 Å². The molecule has 0 saturated carbocycles. The van der Waals surface area contributed by atoms with Gasteiger partial charge in [-0.1, -0.05) is 25.5 Å². The third-order valence-electron chi connectivity index (χ3n) is 3.65. The highest BCUT2D eigenvalue weighted by atomic mass is 16.5. The van der Waals surface area contributed by atoms with Crippen LogP contribution >= 0.6 is 0 Å². The fourth-order valence-corrected chi connectivity index (χ4v) is 2.44. The number of benzene rings is 1. The van der Waals surface area contributed by atoms with E-state index in [0.29, 0.717) is 12.5 Å². The van der Waals surface area contributed by atoms with Gasteiger partial charge in [-0.2, -0.15) is 0 Å². The number of aryl methyl sites for hydroxylation is 1. The monoisotopic (exact) mass is 266 g/mol. The van der Waals surface area contributed by atoms with E-state index in [4.69, 9.17) is 14.6 Å². The van der Waals surface area contributed by atoms with E-state index in [1.54, 1.807) is 14.2 Å². The molecule has 0 aliphatic rings. The molecule has 0 bridgehead atoms. The number of methoxy groups -OCH3 is 2. The van der Waals surface area contributed by atoms with Gasteiger partial charge in [0.1, 0.15) is 0 Å². The van der Waals surface area contributed by atoms with Crippen molar-refractivity contribution in [2.45, 2.75) is 39.0 Å². The number of rotatable bonds is 9. The standard InChI is InChI=1S/C16H26O3/c1-4-13(7-6-12-17)10-11-14-8-5-9-15(18-2)16(14)19-3/h5,8-9,13,17H,4,6-7,10-12H2,1-3H3. The van der Waals surface area contributed by atoms with Crippen molar-refractivity contribution in [1.29, 1.82) is 0 Å². The number of hydrogen-bond acceptors (Lipinski definition) is 3. The van der Waals surface area contributed by atoms with Crippen molar-refractivity contribution in [1.82, 2.24) is 0 Å². The molecule has 3 nitrogen and oxygen atoms in total. The lowest BCUT2D eigenvalue weighted by Gasteiger charge is -2.16. The van der Waals surface area contributed by atoms with E-state index in [1.165, 1.54) is 5.56 Å². The number of para-hydroxylation sites is 1. The molecule has 0 spiro atoms. The first-order valence-corrected chi connectivity index (χ1v) is 7.07. The quantitative estimate of drug-likeness (QED) is 0.744. The van der Waals surface area contributed by atoms with E-state index in [1.807, 2.05) is 12.1 Å². The fourth-order valence-electron chi connectivity index (χ4n) is 2.44. The van der Waals surface area contributed by atoms with E-state index < -0.39 is 0 Å². The second-order valence-corrected chi connectivity index (χ2v) is 4.83. The Hall–Kier alpha value is -1.22. The second-order valence-electron chi connectivity index (χ2n) is 4.83. The Morgan fingerprint density at radius 2 is 1.95 bits per heavy atom. The minimum absolute atomic E-state index is 0.291. The molecule has 0 radical (unpaired) electrons. The zero-order valence-electron chi connectivity index (χ0n) is 12.3. The number of aliphatic hydroxyl groups excluding tert-OH is 1. The Morgan fingerprint density at radius 1 is 1.16 bits per heavy atom. The summed E-state index contributed by atoms with van der Waals surface area (Å²) in [4.78, 5) is 0. The number of aliphatic hydroxyl groups is 1. The van der Waals surface area contributed by atoms with Crippen LogP contribution < -0.4 is 9.47 Å². The Bertz CT molecular complexity index is 363. The highest BCUT2D eigenvalue weighted by Gasteiger charge is 2.12. The second kappa shape index (κ2) is 8.81. The molecular formula is C16H26O3. The van der Waals surface area contributed by atoms with Crippen molar-refractivity contribution in [3.63, 3.8) is 0 Å². The Balaban J connectivity index is 2.65. The zero-order chi connectivity index (χ0) is 14.1. The molecule has 1 aromatic rings. The van der Waals surface area contributed by atoms with Gasteiger partial charge in [0.05, 0.1) is 14.2 Å². The molecule has 3 heteroatoms. The lowest BCUT2D eigenvalue weighted by molar-refractivity contribution is 0.266. The van der Waals surface area contributed by atoms with Crippen LogP contribution in [0.3, 0.4) is 0 Å². The van der Waals surface area contributed by atoms with Gasteiger partial charge in [0, 0.05) is 6.61 Å². The van der Waals surface area contributed by atoms with Gasteiger partial charge in [-0.3, -0.25) is 0 Å². The normalized spacial score (nSPS) is 12.2. The predicted molar refractivity (Wildman–Crippen MR) is 78.0 cm³/mol. The van der Waals surface area contributed by atoms with Gasteiger partial charge in [0.2, 0.25) is 0 Å². The summed E-state index contributed by atoms with van der Waals surface area (Å²) >= 11 is 0. The molecule has 0 amide bonds. The molecule has 0 saturated heterocycles. The van der Waals surface area contributed by atoms with Crippen LogP contribution in [-0.2, 0) is 6.42 Å². The largest absolute Gasteiger partial charge is 0.493 e. The van der Waals surface area contributed by atoms with Crippen molar-refractivity contribution < 1.29 is 14.6 Å². The summed E-state index contributed by atoms with van der Waals surface area (Å²) < 4.78 is 10.8. The molecule has 0 fully saturated rings. The van der Waals surface area contributed by atoms with E-state index >= 15 is 0 Å². The number of ether oxygens (including phenoxy) is 2. The topological polar surface area (TPSA) is 38.7 Å². The Kier molecular flexibility index (Phi) is 7.34. The van der Waals surface area contributed by atoms with Crippen molar-refractivity contribution in [3.05, 3.63) is 23.8 Å². The van der Waals surface area contributed by atoms with E-state index in [9.17, 15) is 0 Å². The Labute approximate surface area is 116 Å². The van der Waals surface area contributed by atoms with Crippen molar-refractivity contribution in [3.8, 4) is 11.5 Å². The van der Waals surface area contributed by atoms with Crippen LogP contribution in [0, 0.1) is 5.92 Å². The molecule has 1 N–H and O–H groups in total. The van der Waals surface area contributed by atoms with E-state index in [-0.39, 0.29) is 0 Å². The third-order valence-corrected chi connectivity index (χ3v) is 3.65. The molecule has 0 heterocycles. The zero-order valence-corrected chi connectivity index (χ0v) is 12.3. The SMILES string of the molecule is CCC(CCCO)CCc1cccc(OC)c1OC. The van der Waals surface area contributed by atoms with Gasteiger partial charge in [0.15, 0.2) is 11.5 Å². The molecule has 1 aromatic carbocycles. The first-order chi connectivity index (χ1) is 9.26. The van der Waals surface area contributed by atoms with Crippen LogP contribution in [0.15, 0.2) is 18.2 Å². The number of hydrogen-bond donors (Lipinski definition) is 1. The molecule has 1 rings (SSSR count). The van der Waals surface area contributed by atoms with Crippen molar-refractivity contribution in [2.75, 3.05) is 20.8 Å². The summed E-state index contributed by atoms with van der Waals surface area (Å²) in [5.41, 5.74) is 1.20. The van der Waals surface area contributed by atoms with E-state index in [2.05, 4.69) is 13.0 Å². The predicted octanol–water partition coefficient (Wildman–Crippen LogP) is 3.44. The molecule has 1 unspecified atom stereocenters. The maximum Gasteiger partial charge on any atom is 0.163 e. The fraction of sp³-hybridized carbons (Fsp3) is 0.625. The molecular weight excluding hydrogens is 240 g/mol. The summed E-state index contributed by atoms with van der Waals surface area (Å²) in [5.74, 6) is 2.31. The lowest BCUT2D eigenvalue weighted by atomic mass is 9.92. The van der Waals surface area contributed by atoms with Gasteiger partial charge in [-0.05, 0) is 43.2 Å². The Morgan fingerprint density at radius 3 is 2.53 bits per heavy atom. The molecule has 0 aliphatic heterocycles. The molecule has 0 aromatic heterocycles. The minimum Gasteiger partial charge on any atom is -0.493 e. The van der Waals surface area contributed by atoms with Crippen LogP contribution in [0.1, 0.15) is 38.2 Å². The third kappa shape index (κ3) is 4.75. The van der Waals surface area contributed by atoms with Crippen LogP contribution in [0.4, 0.5) is 0 Å². The maximum absolute atomic E-state index is 8.91. The van der Waals surface area contributed by atoms with Crippen LogP contribution in [0.2, 0.25) is 0 Å². The van der Waals surface area contributed by atoms with Crippen molar-refractivity contribution in [2.24, 2.45) is 5.92 Å². The van der Waals surface area contributed by atoms with Crippen molar-refractivity contribution >= 4 is 0 Å². The highest BCUT2D eigenvalue weighted by molar-refractivity contribution is 5.46.